The third kappa shape index (κ3) is 4.68. The Morgan fingerprint density at radius 1 is 0.339 bits per heavy atom. The molecule has 0 fully saturated rings. The van der Waals surface area contributed by atoms with Gasteiger partial charge < -0.3 is 9.13 Å². The van der Waals surface area contributed by atoms with E-state index in [2.05, 4.69) is 167 Å². The number of nitriles is 2. The molecule has 0 atom stereocenters. The standard InChI is InChI=1S/C56H30N4S2/c57-31-41-49(33-15-3-1-4-16-33)42(32-58)56(60-44-24-12-8-20-36(44)38-28-30-48-52(54(38)60)40-22-10-14-26-46(40)62-48)50(34-17-5-2-6-18-34)55(41)59-43-23-11-7-19-35(43)37-27-29-47-51(53(37)59)39-21-9-13-25-45(39)61-47/h1-30H. The molecule has 0 saturated carbocycles. The normalized spacial score (nSPS) is 11.8. The number of para-hydroxylation sites is 2. The second kappa shape index (κ2) is 13.3. The summed E-state index contributed by atoms with van der Waals surface area (Å²) in [7, 11) is 0. The van der Waals surface area contributed by atoms with Gasteiger partial charge in [-0.25, -0.2) is 0 Å². The van der Waals surface area contributed by atoms with E-state index in [1.165, 1.54) is 29.6 Å². The fourth-order valence-electron chi connectivity index (χ4n) is 10.2. The van der Waals surface area contributed by atoms with Crippen LogP contribution in [0.5, 0.6) is 0 Å². The Morgan fingerprint density at radius 2 is 0.726 bits per heavy atom. The highest BCUT2D eigenvalue weighted by atomic mass is 32.1. The maximum atomic E-state index is 11.9. The summed E-state index contributed by atoms with van der Waals surface area (Å²) in [4.78, 5) is 0. The molecular weight excluding hydrogens is 793 g/mol. The van der Waals surface area contributed by atoms with Crippen LogP contribution in [-0.4, -0.2) is 9.13 Å². The number of nitrogens with zero attached hydrogens (tertiary/aromatic N) is 4. The molecule has 13 rings (SSSR count). The minimum absolute atomic E-state index is 0.446. The van der Waals surface area contributed by atoms with Crippen molar-refractivity contribution in [2.75, 3.05) is 0 Å². The first-order valence-corrected chi connectivity index (χ1v) is 22.2. The second-order valence-corrected chi connectivity index (χ2v) is 17.9. The topological polar surface area (TPSA) is 57.4 Å². The highest BCUT2D eigenvalue weighted by Crippen LogP contribution is 2.52. The first-order chi connectivity index (χ1) is 30.7. The van der Waals surface area contributed by atoms with Gasteiger partial charge in [0.25, 0.3) is 0 Å². The van der Waals surface area contributed by atoms with Gasteiger partial charge in [0.1, 0.15) is 12.1 Å². The summed E-state index contributed by atoms with van der Waals surface area (Å²) in [6, 6.07) is 69.3. The molecular formula is C56H30N4S2. The van der Waals surface area contributed by atoms with Crippen molar-refractivity contribution < 1.29 is 0 Å². The molecule has 0 aliphatic rings. The van der Waals surface area contributed by atoms with Crippen LogP contribution < -0.4 is 0 Å². The van der Waals surface area contributed by atoms with Gasteiger partial charge >= 0.3 is 0 Å². The highest BCUT2D eigenvalue weighted by Gasteiger charge is 2.32. The van der Waals surface area contributed by atoms with Crippen LogP contribution in [0.3, 0.4) is 0 Å². The second-order valence-electron chi connectivity index (χ2n) is 15.7. The Labute approximate surface area is 363 Å². The van der Waals surface area contributed by atoms with Crippen molar-refractivity contribution in [3.63, 3.8) is 0 Å². The van der Waals surface area contributed by atoms with Crippen molar-refractivity contribution in [3.8, 4) is 45.8 Å². The molecule has 0 spiro atoms. The van der Waals surface area contributed by atoms with Crippen LogP contribution >= 0.6 is 22.7 Å². The predicted octanol–water partition coefficient (Wildman–Crippen LogP) is 15.7. The zero-order chi connectivity index (χ0) is 41.1. The third-order valence-corrected chi connectivity index (χ3v) is 14.9. The zero-order valence-electron chi connectivity index (χ0n) is 32.9. The van der Waals surface area contributed by atoms with Crippen LogP contribution in [0.1, 0.15) is 11.1 Å². The van der Waals surface area contributed by atoms with Gasteiger partial charge in [-0.1, -0.05) is 146 Å². The number of aromatic nitrogens is 2. The molecule has 0 aliphatic heterocycles. The summed E-state index contributed by atoms with van der Waals surface area (Å²) in [5.41, 5.74) is 9.58. The Kier molecular flexibility index (Phi) is 7.44. The van der Waals surface area contributed by atoms with Crippen molar-refractivity contribution in [2.45, 2.75) is 0 Å². The molecule has 0 bridgehead atoms. The third-order valence-electron chi connectivity index (χ3n) is 12.6. The Morgan fingerprint density at radius 3 is 1.18 bits per heavy atom. The van der Waals surface area contributed by atoms with Crippen LogP contribution in [0.2, 0.25) is 0 Å². The summed E-state index contributed by atoms with van der Waals surface area (Å²) in [6.45, 7) is 0. The zero-order valence-corrected chi connectivity index (χ0v) is 34.6. The minimum Gasteiger partial charge on any atom is -0.306 e. The summed E-state index contributed by atoms with van der Waals surface area (Å²) >= 11 is 3.58. The van der Waals surface area contributed by atoms with Gasteiger partial charge in [-0.15, -0.1) is 22.7 Å². The average Bonchev–Trinajstić information content (AvgIpc) is 4.08. The molecule has 0 radical (unpaired) electrons. The number of hydrogen-bond acceptors (Lipinski definition) is 4. The van der Waals surface area contributed by atoms with Gasteiger partial charge in [0, 0.05) is 73.0 Å². The van der Waals surface area contributed by atoms with Gasteiger partial charge in [0.2, 0.25) is 0 Å². The summed E-state index contributed by atoms with van der Waals surface area (Å²) < 4.78 is 9.47. The number of benzene rings is 9. The number of rotatable bonds is 4. The maximum absolute atomic E-state index is 11.9. The molecule has 0 unspecified atom stereocenters. The SMILES string of the molecule is N#Cc1c(-c2ccccc2)c(C#N)c(-n2c3ccccc3c3ccc4sc5ccccc5c4c32)c(-c2ccccc2)c1-n1c2ccccc2c2ccc3sc4ccccc4c3c21. The van der Waals surface area contributed by atoms with E-state index in [-0.39, 0.29) is 0 Å². The molecule has 0 N–H and O–H groups in total. The van der Waals surface area contributed by atoms with E-state index < -0.39 is 0 Å². The molecule has 286 valence electrons. The molecule has 4 heterocycles. The first-order valence-electron chi connectivity index (χ1n) is 20.6. The lowest BCUT2D eigenvalue weighted by Crippen LogP contribution is -2.11. The lowest BCUT2D eigenvalue weighted by atomic mass is 9.86. The van der Waals surface area contributed by atoms with Crippen LogP contribution in [-0.2, 0) is 0 Å². The summed E-state index contributed by atoms with van der Waals surface area (Å²) in [5, 5.41) is 32.8. The Hall–Kier alpha value is -8.00. The smallest absolute Gasteiger partial charge is 0.102 e. The molecule has 13 aromatic rings. The van der Waals surface area contributed by atoms with Crippen molar-refractivity contribution in [2.24, 2.45) is 0 Å². The maximum Gasteiger partial charge on any atom is 0.102 e. The summed E-state index contributed by atoms with van der Waals surface area (Å²) in [5.74, 6) is 0. The van der Waals surface area contributed by atoms with E-state index in [9.17, 15) is 10.5 Å². The number of thiophene rings is 2. The van der Waals surface area contributed by atoms with E-state index in [0.29, 0.717) is 16.7 Å². The predicted molar refractivity (Wildman–Crippen MR) is 261 cm³/mol. The minimum atomic E-state index is 0.446. The van der Waals surface area contributed by atoms with Crippen LogP contribution in [0.25, 0.3) is 118 Å². The average molecular weight is 823 g/mol. The van der Waals surface area contributed by atoms with Crippen molar-refractivity contribution in [3.05, 3.63) is 193 Å². The van der Waals surface area contributed by atoms with Gasteiger partial charge in [-0.2, -0.15) is 10.5 Å². The van der Waals surface area contributed by atoms with E-state index in [4.69, 9.17) is 0 Å². The van der Waals surface area contributed by atoms with Gasteiger partial charge in [-0.05, 0) is 47.5 Å². The molecule has 62 heavy (non-hydrogen) atoms. The molecule has 6 heteroatoms. The molecule has 4 aromatic heterocycles. The highest BCUT2D eigenvalue weighted by molar-refractivity contribution is 7.26. The molecule has 4 nitrogen and oxygen atoms in total. The van der Waals surface area contributed by atoms with Crippen LogP contribution in [0.15, 0.2) is 182 Å². The van der Waals surface area contributed by atoms with E-state index >= 15 is 0 Å². The molecule has 0 aliphatic carbocycles. The fraction of sp³-hybridized carbons (Fsp3) is 0. The largest absolute Gasteiger partial charge is 0.306 e. The Balaban J connectivity index is 1.36. The molecule has 0 saturated heterocycles. The van der Waals surface area contributed by atoms with Crippen molar-refractivity contribution >= 4 is 107 Å². The van der Waals surface area contributed by atoms with Crippen LogP contribution in [0, 0.1) is 22.7 Å². The van der Waals surface area contributed by atoms with Gasteiger partial charge in [0.15, 0.2) is 0 Å². The lowest BCUT2D eigenvalue weighted by Gasteiger charge is -2.25. The van der Waals surface area contributed by atoms with Gasteiger partial charge in [0.05, 0.1) is 44.6 Å². The molecule has 0 amide bonds. The van der Waals surface area contributed by atoms with E-state index in [0.717, 1.165) is 82.4 Å². The quantitative estimate of drug-likeness (QED) is 0.178. The van der Waals surface area contributed by atoms with Crippen molar-refractivity contribution in [1.29, 1.82) is 10.5 Å². The van der Waals surface area contributed by atoms with E-state index in [1.54, 1.807) is 22.7 Å². The number of hydrogen-bond donors (Lipinski definition) is 0. The van der Waals surface area contributed by atoms with Crippen molar-refractivity contribution in [1.82, 2.24) is 9.13 Å². The monoisotopic (exact) mass is 822 g/mol. The van der Waals surface area contributed by atoms with Gasteiger partial charge in [-0.3, -0.25) is 0 Å². The first kappa shape index (κ1) is 34.8. The fourth-order valence-corrected chi connectivity index (χ4v) is 12.4. The lowest BCUT2D eigenvalue weighted by molar-refractivity contribution is 1.13. The van der Waals surface area contributed by atoms with Crippen LogP contribution in [0.4, 0.5) is 0 Å². The van der Waals surface area contributed by atoms with E-state index in [1.807, 2.05) is 36.4 Å². The Bertz CT molecular complexity index is 3890. The summed E-state index contributed by atoms with van der Waals surface area (Å²) in [6.07, 6.45) is 0. The molecule has 9 aromatic carbocycles. The number of fused-ring (bicyclic) bond motifs is 14.